The molecule has 1 aromatic heterocycles. The van der Waals surface area contributed by atoms with Crippen LogP contribution in [-0.2, 0) is 10.5 Å². The molecule has 0 radical (unpaired) electrons. The summed E-state index contributed by atoms with van der Waals surface area (Å²) in [4.78, 5) is 37.0. The number of nitrogens with zero attached hydrogens (tertiary/aromatic N) is 1. The maximum atomic E-state index is 12.4. The molecular weight excluding hydrogens is 294 g/mol. The molecule has 2 fully saturated rings. The SMILES string of the molecule is CSCc1ccc(C(=O)N2CCC3(C2)NC(=O)NC3=O)o1. The van der Waals surface area contributed by atoms with Gasteiger partial charge < -0.3 is 14.6 Å². The maximum absolute atomic E-state index is 12.4. The fourth-order valence-corrected chi connectivity index (χ4v) is 3.11. The smallest absolute Gasteiger partial charge is 0.322 e. The van der Waals surface area contributed by atoms with E-state index in [1.54, 1.807) is 23.9 Å². The van der Waals surface area contributed by atoms with E-state index < -0.39 is 11.6 Å². The van der Waals surface area contributed by atoms with E-state index in [4.69, 9.17) is 4.42 Å². The van der Waals surface area contributed by atoms with E-state index in [-0.39, 0.29) is 24.1 Å². The Labute approximate surface area is 125 Å². The van der Waals surface area contributed by atoms with Gasteiger partial charge in [0.05, 0.1) is 12.3 Å². The predicted molar refractivity (Wildman–Crippen MR) is 75.9 cm³/mol. The zero-order valence-electron chi connectivity index (χ0n) is 11.5. The third-order valence-corrected chi connectivity index (χ3v) is 4.30. The Hall–Kier alpha value is -1.96. The number of hydrogen-bond acceptors (Lipinski definition) is 5. The molecule has 2 aliphatic rings. The number of nitrogens with one attached hydrogen (secondary N) is 2. The zero-order valence-corrected chi connectivity index (χ0v) is 12.3. The molecule has 1 unspecified atom stereocenters. The van der Waals surface area contributed by atoms with Crippen LogP contribution < -0.4 is 10.6 Å². The lowest BCUT2D eigenvalue weighted by Crippen LogP contribution is -2.49. The summed E-state index contributed by atoms with van der Waals surface area (Å²) in [5.41, 5.74) is -0.985. The van der Waals surface area contributed by atoms with Gasteiger partial charge in [-0.15, -0.1) is 0 Å². The normalized spacial score (nSPS) is 24.5. The number of carbonyl (C=O) groups excluding carboxylic acids is 3. The van der Waals surface area contributed by atoms with Crippen molar-refractivity contribution in [1.82, 2.24) is 15.5 Å². The second-order valence-corrected chi connectivity index (χ2v) is 6.03. The van der Waals surface area contributed by atoms with Crippen LogP contribution in [0.4, 0.5) is 4.79 Å². The molecule has 8 heteroatoms. The van der Waals surface area contributed by atoms with Crippen LogP contribution in [0.15, 0.2) is 16.5 Å². The van der Waals surface area contributed by atoms with Gasteiger partial charge in [0.25, 0.3) is 11.8 Å². The van der Waals surface area contributed by atoms with Crippen LogP contribution in [0.2, 0.25) is 0 Å². The maximum Gasteiger partial charge on any atom is 0.322 e. The molecule has 0 saturated carbocycles. The number of rotatable bonds is 3. The first-order chi connectivity index (χ1) is 10.0. The van der Waals surface area contributed by atoms with Crippen molar-refractivity contribution in [3.05, 3.63) is 23.7 Å². The van der Waals surface area contributed by atoms with Crippen LogP contribution in [0.5, 0.6) is 0 Å². The lowest BCUT2D eigenvalue weighted by molar-refractivity contribution is -0.123. The molecule has 0 aromatic carbocycles. The minimum absolute atomic E-state index is 0.169. The Morgan fingerprint density at radius 3 is 2.95 bits per heavy atom. The molecule has 112 valence electrons. The molecule has 2 N–H and O–H groups in total. The summed E-state index contributed by atoms with van der Waals surface area (Å²) in [5, 5.41) is 4.83. The highest BCUT2D eigenvalue weighted by Gasteiger charge is 2.51. The second-order valence-electron chi connectivity index (χ2n) is 5.17. The van der Waals surface area contributed by atoms with Gasteiger partial charge in [-0.25, -0.2) is 4.79 Å². The van der Waals surface area contributed by atoms with E-state index >= 15 is 0 Å². The molecule has 7 nitrogen and oxygen atoms in total. The Bertz CT molecular complexity index is 614. The summed E-state index contributed by atoms with van der Waals surface area (Å²) in [5.74, 6) is 1.08. The first-order valence-electron chi connectivity index (χ1n) is 6.54. The first kappa shape index (κ1) is 14.0. The van der Waals surface area contributed by atoms with Crippen LogP contribution in [-0.4, -0.2) is 47.6 Å². The van der Waals surface area contributed by atoms with Crippen molar-refractivity contribution in [1.29, 1.82) is 0 Å². The number of urea groups is 1. The number of amides is 4. The van der Waals surface area contributed by atoms with E-state index in [2.05, 4.69) is 10.6 Å². The van der Waals surface area contributed by atoms with E-state index in [1.807, 2.05) is 6.26 Å². The minimum Gasteiger partial charge on any atom is -0.455 e. The first-order valence-corrected chi connectivity index (χ1v) is 7.94. The van der Waals surface area contributed by atoms with Gasteiger partial charge >= 0.3 is 6.03 Å². The number of carbonyl (C=O) groups is 3. The third-order valence-electron chi connectivity index (χ3n) is 3.73. The molecule has 3 heterocycles. The summed E-state index contributed by atoms with van der Waals surface area (Å²) < 4.78 is 5.50. The molecule has 4 amide bonds. The molecule has 21 heavy (non-hydrogen) atoms. The van der Waals surface area contributed by atoms with Crippen LogP contribution in [0, 0.1) is 0 Å². The third kappa shape index (κ3) is 2.39. The fourth-order valence-electron chi connectivity index (χ4n) is 2.67. The topological polar surface area (TPSA) is 91.7 Å². The highest BCUT2D eigenvalue weighted by molar-refractivity contribution is 7.97. The number of furan rings is 1. The van der Waals surface area contributed by atoms with E-state index in [9.17, 15) is 14.4 Å². The van der Waals surface area contributed by atoms with Crippen molar-refractivity contribution >= 4 is 29.6 Å². The van der Waals surface area contributed by atoms with Gasteiger partial charge in [0.15, 0.2) is 5.76 Å². The van der Waals surface area contributed by atoms with Crippen molar-refractivity contribution < 1.29 is 18.8 Å². The Balaban J connectivity index is 1.72. The predicted octanol–water partition coefficient (Wildman–Crippen LogP) is 0.567. The summed E-state index contributed by atoms with van der Waals surface area (Å²) >= 11 is 1.61. The number of hydrogen-bond donors (Lipinski definition) is 2. The Kier molecular flexibility index (Phi) is 3.40. The van der Waals surface area contributed by atoms with Crippen molar-refractivity contribution in [2.24, 2.45) is 0 Å². The van der Waals surface area contributed by atoms with Gasteiger partial charge in [-0.3, -0.25) is 14.9 Å². The lowest BCUT2D eigenvalue weighted by Gasteiger charge is -2.20. The van der Waals surface area contributed by atoms with Gasteiger partial charge in [0.2, 0.25) is 0 Å². The minimum atomic E-state index is -0.985. The van der Waals surface area contributed by atoms with Crippen molar-refractivity contribution in [3.63, 3.8) is 0 Å². The molecule has 1 atom stereocenters. The van der Waals surface area contributed by atoms with Gasteiger partial charge in [0, 0.05) is 6.54 Å². The molecule has 0 bridgehead atoms. The highest BCUT2D eigenvalue weighted by Crippen LogP contribution is 2.26. The summed E-state index contributed by atoms with van der Waals surface area (Å²) in [6, 6.07) is 2.92. The van der Waals surface area contributed by atoms with Crippen LogP contribution in [0.3, 0.4) is 0 Å². The quantitative estimate of drug-likeness (QED) is 0.796. The largest absolute Gasteiger partial charge is 0.455 e. The number of likely N-dealkylation sites (tertiary alicyclic amines) is 1. The molecule has 2 aliphatic heterocycles. The molecule has 1 spiro atoms. The van der Waals surface area contributed by atoms with Gasteiger partial charge in [0.1, 0.15) is 11.3 Å². The zero-order chi connectivity index (χ0) is 15.0. The summed E-state index contributed by atoms with van der Waals surface area (Å²) in [6.45, 7) is 0.576. The number of imide groups is 1. The van der Waals surface area contributed by atoms with E-state index in [0.717, 1.165) is 5.76 Å². The lowest BCUT2D eigenvalue weighted by atomic mass is 10.00. The fraction of sp³-hybridized carbons (Fsp3) is 0.462. The standard InChI is InChI=1S/C13H15N3O4S/c1-21-6-8-2-3-9(20-8)10(17)16-5-4-13(7-16)11(18)14-12(19)15-13/h2-3H,4-7H2,1H3,(H2,14,15,18,19). The average molecular weight is 309 g/mol. The van der Waals surface area contributed by atoms with Crippen molar-refractivity contribution in [2.45, 2.75) is 17.7 Å². The number of thioether (sulfide) groups is 1. The van der Waals surface area contributed by atoms with Crippen molar-refractivity contribution in [2.75, 3.05) is 19.3 Å². The van der Waals surface area contributed by atoms with E-state index in [1.165, 1.54) is 4.90 Å². The summed E-state index contributed by atoms with van der Waals surface area (Å²) in [6.07, 6.45) is 2.37. The second kappa shape index (κ2) is 5.10. The van der Waals surface area contributed by atoms with Crippen molar-refractivity contribution in [3.8, 4) is 0 Å². The van der Waals surface area contributed by atoms with Crippen LogP contribution >= 0.6 is 11.8 Å². The molecule has 3 rings (SSSR count). The Morgan fingerprint density at radius 2 is 2.29 bits per heavy atom. The van der Waals surface area contributed by atoms with Gasteiger partial charge in [-0.2, -0.15) is 11.8 Å². The average Bonchev–Trinajstić information content (AvgIpc) is 3.11. The summed E-state index contributed by atoms with van der Waals surface area (Å²) in [7, 11) is 0. The Morgan fingerprint density at radius 1 is 1.48 bits per heavy atom. The van der Waals surface area contributed by atoms with Crippen LogP contribution in [0.25, 0.3) is 0 Å². The van der Waals surface area contributed by atoms with Gasteiger partial charge in [-0.05, 0) is 24.8 Å². The molecule has 1 aromatic rings. The molecule has 2 saturated heterocycles. The highest BCUT2D eigenvalue weighted by atomic mass is 32.2. The van der Waals surface area contributed by atoms with Crippen LogP contribution in [0.1, 0.15) is 22.7 Å². The molecule has 0 aliphatic carbocycles. The van der Waals surface area contributed by atoms with E-state index in [0.29, 0.717) is 18.7 Å². The molecular formula is C13H15N3O4S. The van der Waals surface area contributed by atoms with Gasteiger partial charge in [-0.1, -0.05) is 0 Å². The monoisotopic (exact) mass is 309 g/mol.